The number of hydrogen-bond acceptors (Lipinski definition) is 3. The highest BCUT2D eigenvalue weighted by atomic mass is 16.2. The van der Waals surface area contributed by atoms with E-state index in [0.717, 1.165) is 52.1 Å². The van der Waals surface area contributed by atoms with Crippen LogP contribution in [-0.4, -0.2) is 61.6 Å². The zero-order valence-electron chi connectivity index (χ0n) is 10.2. The van der Waals surface area contributed by atoms with E-state index in [0.29, 0.717) is 6.54 Å². The molecule has 0 aromatic carbocycles. The molecule has 1 aliphatic rings. The molecule has 1 rings (SSSR count). The Bertz CT molecular complexity index is 210. The standard InChI is InChI=1S/C11H24N4O/c1-2-5-13-11(16)15-7-3-6-14(8-4-12)9-10-15/h2-10,12H2,1H3,(H,13,16). The summed E-state index contributed by atoms with van der Waals surface area (Å²) in [7, 11) is 0. The SMILES string of the molecule is CCCNC(=O)N1CCCN(CCN)CC1. The fraction of sp³-hybridized carbons (Fsp3) is 0.909. The van der Waals surface area contributed by atoms with E-state index in [1.165, 1.54) is 0 Å². The number of nitrogens with one attached hydrogen (secondary N) is 1. The highest BCUT2D eigenvalue weighted by Gasteiger charge is 2.17. The molecule has 1 aliphatic heterocycles. The molecule has 0 radical (unpaired) electrons. The summed E-state index contributed by atoms with van der Waals surface area (Å²) in [5.74, 6) is 0. The minimum atomic E-state index is 0.0800. The van der Waals surface area contributed by atoms with Crippen molar-refractivity contribution in [2.75, 3.05) is 45.8 Å². The third kappa shape index (κ3) is 4.37. The second kappa shape index (κ2) is 7.46. The van der Waals surface area contributed by atoms with Crippen molar-refractivity contribution < 1.29 is 4.79 Å². The van der Waals surface area contributed by atoms with Crippen molar-refractivity contribution in [1.82, 2.24) is 15.1 Å². The van der Waals surface area contributed by atoms with E-state index in [4.69, 9.17) is 5.73 Å². The molecule has 0 aliphatic carbocycles. The van der Waals surface area contributed by atoms with Crippen molar-refractivity contribution in [1.29, 1.82) is 0 Å². The Kier molecular flexibility index (Phi) is 6.18. The molecule has 0 bridgehead atoms. The highest BCUT2D eigenvalue weighted by molar-refractivity contribution is 5.74. The summed E-state index contributed by atoms with van der Waals surface area (Å²) < 4.78 is 0. The van der Waals surface area contributed by atoms with Gasteiger partial charge in [-0.15, -0.1) is 0 Å². The summed E-state index contributed by atoms with van der Waals surface area (Å²) in [6, 6.07) is 0.0800. The van der Waals surface area contributed by atoms with Crippen molar-refractivity contribution in [3.05, 3.63) is 0 Å². The lowest BCUT2D eigenvalue weighted by Gasteiger charge is -2.21. The van der Waals surface area contributed by atoms with Crippen LogP contribution in [0.2, 0.25) is 0 Å². The second-order valence-electron chi connectivity index (χ2n) is 4.20. The normalized spacial score (nSPS) is 18.2. The molecule has 0 atom stereocenters. The number of carbonyl (C=O) groups excluding carboxylic acids is 1. The van der Waals surface area contributed by atoms with Crippen LogP contribution < -0.4 is 11.1 Å². The molecule has 0 aromatic heterocycles. The first-order valence-corrected chi connectivity index (χ1v) is 6.23. The summed E-state index contributed by atoms with van der Waals surface area (Å²) in [4.78, 5) is 16.0. The van der Waals surface area contributed by atoms with Gasteiger partial charge in [0.25, 0.3) is 0 Å². The van der Waals surface area contributed by atoms with Crippen molar-refractivity contribution in [3.63, 3.8) is 0 Å². The molecule has 0 unspecified atom stereocenters. The topological polar surface area (TPSA) is 61.6 Å². The number of hydrogen-bond donors (Lipinski definition) is 2. The Hall–Kier alpha value is -0.810. The van der Waals surface area contributed by atoms with Crippen LogP contribution in [-0.2, 0) is 0 Å². The van der Waals surface area contributed by atoms with Crippen molar-refractivity contribution >= 4 is 6.03 Å². The van der Waals surface area contributed by atoms with Crippen molar-refractivity contribution in [2.24, 2.45) is 5.73 Å². The molecular formula is C11H24N4O. The molecule has 1 heterocycles. The van der Waals surface area contributed by atoms with Crippen LogP contribution in [0.4, 0.5) is 4.79 Å². The number of urea groups is 1. The van der Waals surface area contributed by atoms with E-state index in [-0.39, 0.29) is 6.03 Å². The van der Waals surface area contributed by atoms with Gasteiger partial charge in [0.1, 0.15) is 0 Å². The monoisotopic (exact) mass is 228 g/mol. The van der Waals surface area contributed by atoms with Gasteiger partial charge in [-0.25, -0.2) is 4.79 Å². The molecule has 0 saturated carbocycles. The van der Waals surface area contributed by atoms with Gasteiger partial charge in [0.05, 0.1) is 0 Å². The van der Waals surface area contributed by atoms with Gasteiger partial charge in [-0.1, -0.05) is 6.92 Å². The average Bonchev–Trinajstić information content (AvgIpc) is 2.52. The first kappa shape index (κ1) is 13.3. The molecule has 3 N–H and O–H groups in total. The van der Waals surface area contributed by atoms with E-state index < -0.39 is 0 Å². The minimum absolute atomic E-state index is 0.0800. The summed E-state index contributed by atoms with van der Waals surface area (Å²) in [5.41, 5.74) is 5.54. The Morgan fingerprint density at radius 2 is 2.12 bits per heavy atom. The van der Waals surface area contributed by atoms with Crippen molar-refractivity contribution in [3.8, 4) is 0 Å². The fourth-order valence-electron chi connectivity index (χ4n) is 1.92. The largest absolute Gasteiger partial charge is 0.338 e. The van der Waals surface area contributed by atoms with E-state index in [9.17, 15) is 4.79 Å². The number of nitrogens with two attached hydrogens (primary N) is 1. The maximum atomic E-state index is 11.7. The van der Waals surface area contributed by atoms with Gasteiger partial charge in [0.15, 0.2) is 0 Å². The maximum absolute atomic E-state index is 11.7. The Balaban J connectivity index is 2.31. The van der Waals surface area contributed by atoms with Gasteiger partial charge >= 0.3 is 6.03 Å². The van der Waals surface area contributed by atoms with E-state index >= 15 is 0 Å². The lowest BCUT2D eigenvalue weighted by molar-refractivity contribution is 0.198. The summed E-state index contributed by atoms with van der Waals surface area (Å²) in [6.45, 7) is 8.12. The molecule has 1 fully saturated rings. The molecule has 5 nitrogen and oxygen atoms in total. The molecular weight excluding hydrogens is 204 g/mol. The van der Waals surface area contributed by atoms with E-state index in [1.54, 1.807) is 0 Å². The van der Waals surface area contributed by atoms with Crippen LogP contribution in [0, 0.1) is 0 Å². The van der Waals surface area contributed by atoms with Gasteiger partial charge in [0, 0.05) is 39.3 Å². The Morgan fingerprint density at radius 3 is 2.81 bits per heavy atom. The van der Waals surface area contributed by atoms with Gasteiger partial charge in [0.2, 0.25) is 0 Å². The zero-order valence-corrected chi connectivity index (χ0v) is 10.2. The highest BCUT2D eigenvalue weighted by Crippen LogP contribution is 2.02. The van der Waals surface area contributed by atoms with E-state index in [1.807, 2.05) is 4.90 Å². The molecule has 16 heavy (non-hydrogen) atoms. The maximum Gasteiger partial charge on any atom is 0.317 e. The van der Waals surface area contributed by atoms with Crippen LogP contribution in [0.5, 0.6) is 0 Å². The number of nitrogens with zero attached hydrogens (tertiary/aromatic N) is 2. The van der Waals surface area contributed by atoms with Crippen molar-refractivity contribution in [2.45, 2.75) is 19.8 Å². The number of amides is 2. The number of rotatable bonds is 4. The average molecular weight is 228 g/mol. The van der Waals surface area contributed by atoms with Crippen LogP contribution >= 0.6 is 0 Å². The molecule has 0 spiro atoms. The summed E-state index contributed by atoms with van der Waals surface area (Å²) in [6.07, 6.45) is 2.03. The van der Waals surface area contributed by atoms with Gasteiger partial charge in [-0.05, 0) is 19.4 Å². The van der Waals surface area contributed by atoms with Crippen LogP contribution in [0.15, 0.2) is 0 Å². The van der Waals surface area contributed by atoms with Gasteiger partial charge in [-0.2, -0.15) is 0 Å². The molecule has 5 heteroatoms. The molecule has 0 aromatic rings. The zero-order chi connectivity index (χ0) is 11.8. The Labute approximate surface area is 98.0 Å². The lowest BCUT2D eigenvalue weighted by atomic mass is 10.4. The molecule has 1 saturated heterocycles. The first-order chi connectivity index (χ1) is 7.77. The third-order valence-corrected chi connectivity index (χ3v) is 2.85. The summed E-state index contributed by atoms with van der Waals surface area (Å²) in [5, 5.41) is 2.92. The Morgan fingerprint density at radius 1 is 1.31 bits per heavy atom. The lowest BCUT2D eigenvalue weighted by Crippen LogP contribution is -2.42. The van der Waals surface area contributed by atoms with E-state index in [2.05, 4.69) is 17.1 Å². The predicted molar refractivity (Wildman–Crippen MR) is 65.4 cm³/mol. The fourth-order valence-corrected chi connectivity index (χ4v) is 1.92. The third-order valence-electron chi connectivity index (χ3n) is 2.85. The molecule has 2 amide bonds. The second-order valence-corrected chi connectivity index (χ2v) is 4.20. The number of carbonyl (C=O) groups is 1. The quantitative estimate of drug-likeness (QED) is 0.716. The summed E-state index contributed by atoms with van der Waals surface area (Å²) >= 11 is 0. The first-order valence-electron chi connectivity index (χ1n) is 6.23. The van der Waals surface area contributed by atoms with Gasteiger partial charge < -0.3 is 20.9 Å². The van der Waals surface area contributed by atoms with Gasteiger partial charge in [-0.3, -0.25) is 0 Å². The predicted octanol–water partition coefficient (Wildman–Crippen LogP) is 0.0724. The van der Waals surface area contributed by atoms with Crippen LogP contribution in [0.3, 0.4) is 0 Å². The molecule has 94 valence electrons. The van der Waals surface area contributed by atoms with Crippen LogP contribution in [0.1, 0.15) is 19.8 Å². The minimum Gasteiger partial charge on any atom is -0.338 e. The van der Waals surface area contributed by atoms with Crippen LogP contribution in [0.25, 0.3) is 0 Å². The smallest absolute Gasteiger partial charge is 0.317 e.